The summed E-state index contributed by atoms with van der Waals surface area (Å²) in [7, 11) is 1.95. The molecule has 6 heteroatoms. The molecule has 6 nitrogen and oxygen atoms in total. The monoisotopic (exact) mass is 363 g/mol. The highest BCUT2D eigenvalue weighted by Gasteiger charge is 2.32. The lowest BCUT2D eigenvalue weighted by Crippen LogP contribution is -2.30. The molecule has 1 aliphatic heterocycles. The first kappa shape index (κ1) is 17.1. The van der Waals surface area contributed by atoms with E-state index in [4.69, 9.17) is 9.47 Å². The van der Waals surface area contributed by atoms with Gasteiger partial charge in [-0.15, -0.1) is 5.10 Å². The fourth-order valence-corrected chi connectivity index (χ4v) is 3.51. The Kier molecular flexibility index (Phi) is 4.32. The third-order valence-electron chi connectivity index (χ3n) is 4.79. The van der Waals surface area contributed by atoms with Crippen LogP contribution in [0.25, 0.3) is 10.9 Å². The lowest BCUT2D eigenvalue weighted by atomic mass is 9.95. The molecule has 0 bridgehead atoms. The molecule has 1 atom stereocenters. The first-order valence-electron chi connectivity index (χ1n) is 8.92. The van der Waals surface area contributed by atoms with Crippen LogP contribution in [0, 0.1) is 6.92 Å². The van der Waals surface area contributed by atoms with Crippen LogP contribution in [-0.4, -0.2) is 23.2 Å². The number of benzene rings is 2. The van der Waals surface area contributed by atoms with Gasteiger partial charge in [-0.25, -0.2) is 4.79 Å². The van der Waals surface area contributed by atoms with Crippen LogP contribution in [0.3, 0.4) is 0 Å². The molecule has 1 aromatic heterocycles. The molecule has 27 heavy (non-hydrogen) atoms. The Morgan fingerprint density at radius 2 is 1.93 bits per heavy atom. The van der Waals surface area contributed by atoms with Crippen LogP contribution in [0.4, 0.5) is 4.79 Å². The van der Waals surface area contributed by atoms with Gasteiger partial charge in [0.15, 0.2) is 0 Å². The molecule has 0 saturated heterocycles. The number of nitrogens with one attached hydrogen (secondary N) is 1. The molecule has 1 unspecified atom stereocenters. The number of para-hydroxylation sites is 1. The molecule has 3 aromatic rings. The summed E-state index contributed by atoms with van der Waals surface area (Å²) in [6.07, 6.45) is -0.761. The van der Waals surface area contributed by atoms with Crippen molar-refractivity contribution in [2.45, 2.75) is 19.9 Å². The van der Waals surface area contributed by atoms with Crippen LogP contribution in [0.15, 0.2) is 53.6 Å². The average molecular weight is 363 g/mol. The molecule has 1 N–H and O–H groups in total. The predicted molar refractivity (Wildman–Crippen MR) is 104 cm³/mol. The first-order chi connectivity index (χ1) is 13.1. The molecule has 2 heterocycles. The fourth-order valence-electron chi connectivity index (χ4n) is 3.51. The van der Waals surface area contributed by atoms with E-state index in [-0.39, 0.29) is 18.5 Å². The van der Waals surface area contributed by atoms with Crippen LogP contribution < -0.4 is 5.43 Å². The van der Waals surface area contributed by atoms with E-state index < -0.39 is 6.16 Å². The number of aromatic nitrogens is 1. The van der Waals surface area contributed by atoms with E-state index in [2.05, 4.69) is 47.8 Å². The highest BCUT2D eigenvalue weighted by molar-refractivity contribution is 6.05. The Labute approximate surface area is 157 Å². The summed E-state index contributed by atoms with van der Waals surface area (Å²) in [6.45, 7) is 4.04. The maximum absolute atomic E-state index is 11.9. The number of fused-ring (bicyclic) bond motifs is 3. The molecular weight excluding hydrogens is 342 g/mol. The Bertz CT molecular complexity index is 1030. The number of carbonyl (C=O) groups excluding carboxylic acids is 1. The molecule has 0 fully saturated rings. The third kappa shape index (κ3) is 2.93. The van der Waals surface area contributed by atoms with Crippen LogP contribution in [0.2, 0.25) is 0 Å². The van der Waals surface area contributed by atoms with Crippen molar-refractivity contribution in [3.63, 3.8) is 0 Å². The second-order valence-electron chi connectivity index (χ2n) is 6.51. The highest BCUT2D eigenvalue weighted by atomic mass is 16.7. The van der Waals surface area contributed by atoms with Crippen LogP contribution in [0.5, 0.6) is 0 Å². The van der Waals surface area contributed by atoms with Gasteiger partial charge in [-0.3, -0.25) is 5.43 Å². The lowest BCUT2D eigenvalue weighted by Gasteiger charge is -2.24. The number of hydrazone groups is 1. The summed E-state index contributed by atoms with van der Waals surface area (Å²) in [5, 5.41) is 5.44. The van der Waals surface area contributed by atoms with E-state index >= 15 is 0 Å². The predicted octanol–water partition coefficient (Wildman–Crippen LogP) is 4.01. The van der Waals surface area contributed by atoms with Gasteiger partial charge in [-0.1, -0.05) is 48.0 Å². The zero-order chi connectivity index (χ0) is 19.0. The van der Waals surface area contributed by atoms with Crippen LogP contribution >= 0.6 is 0 Å². The van der Waals surface area contributed by atoms with Crippen molar-refractivity contribution in [3.8, 4) is 0 Å². The van der Waals surface area contributed by atoms with Gasteiger partial charge in [0.1, 0.15) is 5.69 Å². The topological polar surface area (TPSA) is 64.8 Å². The molecule has 0 spiro atoms. The molecule has 0 aliphatic carbocycles. The molecule has 2 aromatic carbocycles. The molecule has 1 aliphatic rings. The van der Waals surface area contributed by atoms with Crippen molar-refractivity contribution < 1.29 is 14.3 Å². The number of nitrogens with zero attached hydrogens (tertiary/aromatic N) is 2. The van der Waals surface area contributed by atoms with E-state index in [0.29, 0.717) is 0 Å². The molecule has 0 saturated carbocycles. The molecule has 4 rings (SSSR count). The number of ether oxygens (including phenoxy) is 2. The fraction of sp³-hybridized carbons (Fsp3) is 0.238. The van der Waals surface area contributed by atoms with Gasteiger partial charge >= 0.3 is 6.16 Å². The van der Waals surface area contributed by atoms with Crippen molar-refractivity contribution in [1.82, 2.24) is 9.99 Å². The summed E-state index contributed by atoms with van der Waals surface area (Å²) < 4.78 is 12.3. The van der Waals surface area contributed by atoms with Gasteiger partial charge in [-0.2, -0.15) is 0 Å². The van der Waals surface area contributed by atoms with Gasteiger partial charge in [0.25, 0.3) is 5.90 Å². The smallest absolute Gasteiger partial charge is 0.434 e. The van der Waals surface area contributed by atoms with Gasteiger partial charge in [0.2, 0.25) is 0 Å². The SMILES string of the molecule is CCOC(=O)OC1=NNC(c2ccc(C)cc2)c2c1n(C)c1ccccc21. The number of hydrogen-bond donors (Lipinski definition) is 1. The van der Waals surface area contributed by atoms with Gasteiger partial charge in [0, 0.05) is 23.5 Å². The van der Waals surface area contributed by atoms with Gasteiger partial charge in [-0.05, 0) is 25.5 Å². The van der Waals surface area contributed by atoms with Crippen LogP contribution in [0.1, 0.15) is 35.3 Å². The molecule has 0 amide bonds. The van der Waals surface area contributed by atoms with Gasteiger partial charge < -0.3 is 14.0 Å². The number of aryl methyl sites for hydroxylation is 2. The minimum Gasteiger partial charge on any atom is -0.434 e. The minimum absolute atomic E-state index is 0.138. The maximum atomic E-state index is 11.9. The Balaban J connectivity index is 1.87. The highest BCUT2D eigenvalue weighted by Crippen LogP contribution is 2.36. The quantitative estimate of drug-likeness (QED) is 0.699. The third-order valence-corrected chi connectivity index (χ3v) is 4.79. The number of rotatable bonds is 2. The van der Waals surface area contributed by atoms with Crippen molar-refractivity contribution in [2.24, 2.45) is 12.1 Å². The van der Waals surface area contributed by atoms with E-state index in [0.717, 1.165) is 27.7 Å². The summed E-state index contributed by atoms with van der Waals surface area (Å²) in [4.78, 5) is 11.9. The second-order valence-corrected chi connectivity index (χ2v) is 6.51. The van der Waals surface area contributed by atoms with Crippen molar-refractivity contribution in [3.05, 3.63) is 70.9 Å². The first-order valence-corrected chi connectivity index (χ1v) is 8.92. The number of hydrogen-bond acceptors (Lipinski definition) is 5. The maximum Gasteiger partial charge on any atom is 0.515 e. The Hall–Kier alpha value is -3.28. The summed E-state index contributed by atoms with van der Waals surface area (Å²) >= 11 is 0. The van der Waals surface area contributed by atoms with E-state index in [1.807, 2.05) is 29.8 Å². The standard InChI is InChI=1S/C21H21N3O3/c1-4-26-21(25)27-20-19-17(15-7-5-6-8-16(15)24(19)3)18(22-23-20)14-11-9-13(2)10-12-14/h5-12,18,22H,4H2,1-3H3. The summed E-state index contributed by atoms with van der Waals surface area (Å²) in [6, 6.07) is 16.3. The summed E-state index contributed by atoms with van der Waals surface area (Å²) in [5.74, 6) is 0.213. The largest absolute Gasteiger partial charge is 0.515 e. The minimum atomic E-state index is -0.761. The summed E-state index contributed by atoms with van der Waals surface area (Å²) in [5.41, 5.74) is 8.30. The lowest BCUT2D eigenvalue weighted by molar-refractivity contribution is 0.0999. The van der Waals surface area contributed by atoms with Crippen molar-refractivity contribution >= 4 is 23.0 Å². The normalized spacial score (nSPS) is 15.7. The Morgan fingerprint density at radius 1 is 1.19 bits per heavy atom. The number of carbonyl (C=O) groups is 1. The Morgan fingerprint density at radius 3 is 2.67 bits per heavy atom. The molecular formula is C21H21N3O3. The molecule has 0 radical (unpaired) electrons. The van der Waals surface area contributed by atoms with Crippen molar-refractivity contribution in [2.75, 3.05) is 6.61 Å². The van der Waals surface area contributed by atoms with E-state index in [1.165, 1.54) is 5.56 Å². The van der Waals surface area contributed by atoms with E-state index in [1.54, 1.807) is 6.92 Å². The zero-order valence-electron chi connectivity index (χ0n) is 15.5. The zero-order valence-corrected chi connectivity index (χ0v) is 15.5. The average Bonchev–Trinajstić information content (AvgIpc) is 2.97. The van der Waals surface area contributed by atoms with E-state index in [9.17, 15) is 4.79 Å². The van der Waals surface area contributed by atoms with Crippen molar-refractivity contribution in [1.29, 1.82) is 0 Å². The van der Waals surface area contributed by atoms with Crippen LogP contribution in [-0.2, 0) is 16.5 Å². The molecule has 138 valence electrons. The second kappa shape index (κ2) is 6.79. The van der Waals surface area contributed by atoms with Gasteiger partial charge in [0.05, 0.1) is 12.6 Å².